The van der Waals surface area contributed by atoms with Gasteiger partial charge in [-0.15, -0.1) is 0 Å². The molecule has 2 aromatic rings. The van der Waals surface area contributed by atoms with Gasteiger partial charge in [0.1, 0.15) is 5.82 Å². The van der Waals surface area contributed by atoms with E-state index in [2.05, 4.69) is 21.2 Å². The largest absolute Gasteiger partial charge is 0.416 e. The fourth-order valence-corrected chi connectivity index (χ4v) is 2.32. The molecule has 0 aromatic heterocycles. The molecule has 1 N–H and O–H groups in total. The quantitative estimate of drug-likeness (QED) is 0.654. The van der Waals surface area contributed by atoms with Crippen LogP contribution in [0.1, 0.15) is 11.1 Å². The van der Waals surface area contributed by atoms with E-state index in [9.17, 15) is 17.6 Å². The summed E-state index contributed by atoms with van der Waals surface area (Å²) in [7, 11) is 0. The minimum absolute atomic E-state index is 0.000522. The third-order valence-electron chi connectivity index (χ3n) is 2.71. The summed E-state index contributed by atoms with van der Waals surface area (Å²) in [5, 5.41) is 2.82. The van der Waals surface area contributed by atoms with Crippen molar-refractivity contribution >= 4 is 33.2 Å². The van der Waals surface area contributed by atoms with Crippen LogP contribution >= 0.6 is 27.5 Å². The zero-order chi connectivity index (χ0) is 15.6. The molecule has 21 heavy (non-hydrogen) atoms. The van der Waals surface area contributed by atoms with Crippen LogP contribution in [0.25, 0.3) is 0 Å². The molecule has 0 spiro atoms. The normalized spacial score (nSPS) is 11.5. The lowest BCUT2D eigenvalue weighted by Crippen LogP contribution is -2.07. The molecule has 0 aliphatic rings. The molecule has 0 radical (unpaired) electrons. The Morgan fingerprint density at radius 2 is 1.81 bits per heavy atom. The van der Waals surface area contributed by atoms with E-state index in [0.717, 1.165) is 12.1 Å². The lowest BCUT2D eigenvalue weighted by molar-refractivity contribution is -0.137. The number of hydrogen-bond donors (Lipinski definition) is 1. The lowest BCUT2D eigenvalue weighted by Gasteiger charge is -2.12. The van der Waals surface area contributed by atoms with Crippen molar-refractivity contribution in [1.29, 1.82) is 0 Å². The van der Waals surface area contributed by atoms with Gasteiger partial charge in [0.15, 0.2) is 0 Å². The van der Waals surface area contributed by atoms with Gasteiger partial charge in [-0.25, -0.2) is 4.39 Å². The lowest BCUT2D eigenvalue weighted by atomic mass is 10.1. The van der Waals surface area contributed by atoms with Gasteiger partial charge in [-0.05, 0) is 35.9 Å². The number of halogens is 6. The molecule has 2 rings (SSSR count). The van der Waals surface area contributed by atoms with Crippen molar-refractivity contribution in [3.8, 4) is 0 Å². The van der Waals surface area contributed by atoms with Crippen LogP contribution in [0.2, 0.25) is 5.02 Å². The molecule has 0 heterocycles. The topological polar surface area (TPSA) is 12.0 Å². The molecule has 112 valence electrons. The van der Waals surface area contributed by atoms with E-state index in [0.29, 0.717) is 10.0 Å². The van der Waals surface area contributed by atoms with Crippen LogP contribution in [-0.4, -0.2) is 0 Å². The number of benzene rings is 2. The second-order valence-corrected chi connectivity index (χ2v) is 5.65. The van der Waals surface area contributed by atoms with Gasteiger partial charge in [0.25, 0.3) is 0 Å². The summed E-state index contributed by atoms with van der Waals surface area (Å²) in [4.78, 5) is 0. The zero-order valence-corrected chi connectivity index (χ0v) is 12.8. The van der Waals surface area contributed by atoms with E-state index in [1.54, 1.807) is 6.07 Å². The van der Waals surface area contributed by atoms with Crippen molar-refractivity contribution < 1.29 is 17.6 Å². The van der Waals surface area contributed by atoms with Crippen LogP contribution in [0.4, 0.5) is 23.2 Å². The van der Waals surface area contributed by atoms with Gasteiger partial charge < -0.3 is 5.32 Å². The standard InChI is InChI=1S/C14H9BrClF4N/c15-10-4-9(14(18,19)20)5-11(6-10)21-7-8-1-2-12(16)13(17)3-8/h1-6,21H,7H2. The summed E-state index contributed by atoms with van der Waals surface area (Å²) in [5.74, 6) is -0.568. The Morgan fingerprint density at radius 1 is 1.10 bits per heavy atom. The van der Waals surface area contributed by atoms with Crippen LogP contribution < -0.4 is 5.32 Å². The average molecular weight is 383 g/mol. The van der Waals surface area contributed by atoms with Gasteiger partial charge in [0.05, 0.1) is 10.6 Å². The van der Waals surface area contributed by atoms with Gasteiger partial charge in [-0.3, -0.25) is 0 Å². The molecule has 0 amide bonds. The smallest absolute Gasteiger partial charge is 0.381 e. The molecule has 1 nitrogen and oxygen atoms in total. The fourth-order valence-electron chi connectivity index (χ4n) is 1.71. The third kappa shape index (κ3) is 4.35. The maximum atomic E-state index is 13.3. The highest BCUT2D eigenvalue weighted by molar-refractivity contribution is 9.10. The van der Waals surface area contributed by atoms with Crippen LogP contribution in [0, 0.1) is 5.82 Å². The first-order valence-electron chi connectivity index (χ1n) is 5.81. The van der Waals surface area contributed by atoms with Gasteiger partial charge in [-0.1, -0.05) is 33.6 Å². The minimum atomic E-state index is -4.42. The van der Waals surface area contributed by atoms with Crippen molar-refractivity contribution in [2.45, 2.75) is 12.7 Å². The molecule has 0 saturated heterocycles. The van der Waals surface area contributed by atoms with Crippen molar-refractivity contribution in [3.63, 3.8) is 0 Å². The van der Waals surface area contributed by atoms with Crippen molar-refractivity contribution in [1.82, 2.24) is 0 Å². The monoisotopic (exact) mass is 381 g/mol. The third-order valence-corrected chi connectivity index (χ3v) is 3.47. The number of alkyl halides is 3. The highest BCUT2D eigenvalue weighted by Crippen LogP contribution is 2.33. The SMILES string of the molecule is Fc1cc(CNc2cc(Br)cc(C(F)(F)F)c2)ccc1Cl. The van der Waals surface area contributed by atoms with Crippen LogP contribution in [0.5, 0.6) is 0 Å². The Balaban J connectivity index is 2.16. The molecular formula is C14H9BrClF4N. The van der Waals surface area contributed by atoms with Crippen molar-refractivity contribution in [2.24, 2.45) is 0 Å². The first kappa shape index (κ1) is 16.1. The molecule has 0 unspecified atom stereocenters. The first-order chi connectivity index (χ1) is 9.75. The maximum Gasteiger partial charge on any atom is 0.416 e. The Bertz CT molecular complexity index is 658. The summed E-state index contributed by atoms with van der Waals surface area (Å²) in [6.07, 6.45) is -4.42. The van der Waals surface area contributed by atoms with Gasteiger partial charge in [0.2, 0.25) is 0 Å². The molecule has 0 saturated carbocycles. The van der Waals surface area contributed by atoms with E-state index in [1.807, 2.05) is 0 Å². The van der Waals surface area contributed by atoms with Crippen LogP contribution in [-0.2, 0) is 12.7 Å². The van der Waals surface area contributed by atoms with E-state index < -0.39 is 17.6 Å². The Hall–Kier alpha value is -1.27. The summed E-state index contributed by atoms with van der Waals surface area (Å²) in [5.41, 5.74) is 0.0964. The molecule has 0 fully saturated rings. The highest BCUT2D eigenvalue weighted by Gasteiger charge is 2.31. The summed E-state index contributed by atoms with van der Waals surface area (Å²) >= 11 is 8.60. The first-order valence-corrected chi connectivity index (χ1v) is 6.98. The predicted octanol–water partition coefficient (Wildman–Crippen LogP) is 5.87. The highest BCUT2D eigenvalue weighted by atomic mass is 79.9. The maximum absolute atomic E-state index is 13.3. The van der Waals surface area contributed by atoms with Gasteiger partial charge in [-0.2, -0.15) is 13.2 Å². The minimum Gasteiger partial charge on any atom is -0.381 e. The van der Waals surface area contributed by atoms with Gasteiger partial charge in [0, 0.05) is 16.7 Å². The molecule has 0 aliphatic heterocycles. The van der Waals surface area contributed by atoms with E-state index >= 15 is 0 Å². The number of hydrogen-bond acceptors (Lipinski definition) is 1. The summed E-state index contributed by atoms with van der Waals surface area (Å²) in [6, 6.07) is 7.74. The van der Waals surface area contributed by atoms with E-state index in [1.165, 1.54) is 18.2 Å². The summed E-state index contributed by atoms with van der Waals surface area (Å²) in [6.45, 7) is 0.182. The second-order valence-electron chi connectivity index (χ2n) is 4.33. The predicted molar refractivity (Wildman–Crippen MR) is 77.9 cm³/mol. The number of anilines is 1. The van der Waals surface area contributed by atoms with E-state index in [4.69, 9.17) is 11.6 Å². The van der Waals surface area contributed by atoms with Crippen LogP contribution in [0.15, 0.2) is 40.9 Å². The van der Waals surface area contributed by atoms with Gasteiger partial charge >= 0.3 is 6.18 Å². The molecule has 2 aromatic carbocycles. The summed E-state index contributed by atoms with van der Waals surface area (Å²) < 4.78 is 51.7. The van der Waals surface area contributed by atoms with Crippen molar-refractivity contribution in [3.05, 3.63) is 62.8 Å². The zero-order valence-electron chi connectivity index (χ0n) is 10.4. The molecule has 0 atom stereocenters. The molecular weight excluding hydrogens is 374 g/mol. The Morgan fingerprint density at radius 3 is 2.43 bits per heavy atom. The molecule has 0 aliphatic carbocycles. The molecule has 7 heteroatoms. The van der Waals surface area contributed by atoms with Crippen molar-refractivity contribution in [2.75, 3.05) is 5.32 Å². The number of rotatable bonds is 3. The number of nitrogens with one attached hydrogen (secondary N) is 1. The second kappa shape index (κ2) is 6.23. The molecule has 0 bridgehead atoms. The average Bonchev–Trinajstić information content (AvgIpc) is 2.38. The fraction of sp³-hybridized carbons (Fsp3) is 0.143. The van der Waals surface area contributed by atoms with Crippen LogP contribution in [0.3, 0.4) is 0 Å². The van der Waals surface area contributed by atoms with E-state index in [-0.39, 0.29) is 17.3 Å². The Labute approximate surface area is 132 Å². The Kier molecular flexibility index (Phi) is 4.78.